The lowest BCUT2D eigenvalue weighted by Gasteiger charge is -2.26. The number of benzene rings is 6. The van der Waals surface area contributed by atoms with Crippen LogP contribution < -0.4 is 26.6 Å². The fraction of sp³-hybridized carbons (Fsp3) is 0.235. The van der Waals surface area contributed by atoms with Crippen LogP contribution in [0.2, 0.25) is 0 Å². The average Bonchev–Trinajstić information content (AvgIpc) is 3.84. The Hall–Kier alpha value is -8.67. The number of aromatic nitrogens is 2. The van der Waals surface area contributed by atoms with Crippen molar-refractivity contribution in [1.82, 2.24) is 31.6 Å². The highest BCUT2D eigenvalue weighted by Gasteiger charge is 2.32. The van der Waals surface area contributed by atoms with Crippen LogP contribution in [-0.2, 0) is 49.7 Å². The highest BCUT2D eigenvalue weighted by atomic mass is 16.6. The number of carboxylic acids is 1. The number of unbranched alkanes of at least 4 members (excludes halogenated alkanes) is 1. The van der Waals surface area contributed by atoms with Crippen LogP contribution in [0.25, 0.3) is 21.8 Å². The third-order valence-electron chi connectivity index (χ3n) is 11.5. The van der Waals surface area contributed by atoms with E-state index in [0.717, 1.165) is 21.9 Å². The fourth-order valence-electron chi connectivity index (χ4n) is 7.89. The van der Waals surface area contributed by atoms with Gasteiger partial charge < -0.3 is 36.8 Å². The molecule has 18 nitrogen and oxygen atoms in total. The van der Waals surface area contributed by atoms with Crippen LogP contribution in [0.15, 0.2) is 144 Å². The first-order valence-electron chi connectivity index (χ1n) is 22.3. The number of aromatic hydroxyl groups is 1. The van der Waals surface area contributed by atoms with E-state index in [1.54, 1.807) is 30.3 Å². The highest BCUT2D eigenvalue weighted by Crippen LogP contribution is 2.29. The molecule has 0 saturated heterocycles. The molecule has 0 bridgehead atoms. The van der Waals surface area contributed by atoms with E-state index in [9.17, 15) is 44.3 Å². The Balaban J connectivity index is 1.09. The largest absolute Gasteiger partial charge is 0.508 e. The summed E-state index contributed by atoms with van der Waals surface area (Å²) in [5.74, 6) is -3.92. The third kappa shape index (κ3) is 13.5. The van der Waals surface area contributed by atoms with E-state index in [0.29, 0.717) is 36.2 Å². The molecule has 0 aliphatic heterocycles. The van der Waals surface area contributed by atoms with Crippen LogP contribution in [0.3, 0.4) is 0 Å². The number of hydrogen-bond acceptors (Lipinski definition) is 12. The fourth-order valence-corrected chi connectivity index (χ4v) is 7.89. The molecule has 7 N–H and O–H groups in total. The number of nitro groups is 1. The summed E-state index contributed by atoms with van der Waals surface area (Å²) in [4.78, 5) is 80.1. The Morgan fingerprint density at radius 1 is 0.580 bits per heavy atom. The lowest BCUT2D eigenvalue weighted by molar-refractivity contribution is -0.383. The van der Waals surface area contributed by atoms with Crippen molar-refractivity contribution in [3.05, 3.63) is 172 Å². The number of phenolic OH excluding ortho intramolecular Hbond substituents is 1. The van der Waals surface area contributed by atoms with Crippen molar-refractivity contribution in [2.24, 2.45) is 0 Å². The molecule has 7 aromatic rings. The number of phenols is 1. The van der Waals surface area contributed by atoms with Crippen LogP contribution in [0.5, 0.6) is 5.75 Å². The molecule has 4 atom stereocenters. The number of aliphatic carboxylic acids is 1. The first kappa shape index (κ1) is 48.3. The number of carbonyl (C=O) groups is 5. The molecular formula is C51H50N8O10. The van der Waals surface area contributed by atoms with Gasteiger partial charge in [0.15, 0.2) is 5.52 Å². The molecule has 69 heavy (non-hydrogen) atoms. The van der Waals surface area contributed by atoms with Gasteiger partial charge in [0.05, 0.1) is 17.0 Å². The SMILES string of the molecule is O=C(Cc1ccc2ccccc2c1)N[C@@H](Cc1ccccc1)C(=O)N[C@@H](Cc1ccccc1)C(=O)N[C@@H](CCCCNc1ccc([N+](=O)[O-])c2nonc12)C(=O)N[C@@H](Cc1ccc(O)cc1)C(=O)O. The van der Waals surface area contributed by atoms with E-state index in [4.69, 9.17) is 4.63 Å². The Bertz CT molecular complexity index is 2910. The van der Waals surface area contributed by atoms with Gasteiger partial charge >= 0.3 is 11.7 Å². The first-order chi connectivity index (χ1) is 33.4. The van der Waals surface area contributed by atoms with E-state index >= 15 is 0 Å². The lowest BCUT2D eigenvalue weighted by atomic mass is 10.0. The lowest BCUT2D eigenvalue weighted by Crippen LogP contribution is -2.58. The minimum atomic E-state index is -1.42. The molecule has 18 heteroatoms. The molecule has 0 unspecified atom stereocenters. The van der Waals surface area contributed by atoms with Crippen molar-refractivity contribution >= 4 is 62.8 Å². The molecule has 4 amide bonds. The molecule has 1 heterocycles. The molecule has 354 valence electrons. The van der Waals surface area contributed by atoms with Gasteiger partial charge in [0, 0.05) is 31.9 Å². The Morgan fingerprint density at radius 2 is 1.12 bits per heavy atom. The van der Waals surface area contributed by atoms with E-state index in [1.165, 1.54) is 36.4 Å². The van der Waals surface area contributed by atoms with E-state index < -0.39 is 58.7 Å². The highest BCUT2D eigenvalue weighted by molar-refractivity contribution is 5.96. The van der Waals surface area contributed by atoms with Gasteiger partial charge in [0.25, 0.3) is 0 Å². The summed E-state index contributed by atoms with van der Waals surface area (Å²) >= 11 is 0. The summed E-state index contributed by atoms with van der Waals surface area (Å²) in [6.45, 7) is 0.294. The summed E-state index contributed by atoms with van der Waals surface area (Å²) in [5.41, 5.74) is 2.99. The smallest absolute Gasteiger partial charge is 0.326 e. The van der Waals surface area contributed by atoms with Gasteiger partial charge in [-0.3, -0.25) is 29.3 Å². The topological polar surface area (TPSA) is 268 Å². The third-order valence-corrected chi connectivity index (χ3v) is 11.5. The summed E-state index contributed by atoms with van der Waals surface area (Å²) < 4.78 is 4.75. The number of non-ortho nitro benzene ring substituents is 1. The van der Waals surface area contributed by atoms with E-state index in [1.807, 2.05) is 72.8 Å². The zero-order valence-corrected chi connectivity index (χ0v) is 37.2. The van der Waals surface area contributed by atoms with Crippen LogP contribution in [0.1, 0.15) is 41.5 Å². The number of carbonyl (C=O) groups excluding carboxylic acids is 4. The van der Waals surface area contributed by atoms with Crippen molar-refractivity contribution in [2.45, 2.75) is 69.1 Å². The summed E-state index contributed by atoms with van der Waals surface area (Å²) in [6, 6.07) is 35.0. The first-order valence-corrected chi connectivity index (χ1v) is 22.3. The van der Waals surface area contributed by atoms with Gasteiger partial charge in [-0.2, -0.15) is 0 Å². The van der Waals surface area contributed by atoms with Crippen LogP contribution in [-0.4, -0.2) is 85.8 Å². The average molecular weight is 935 g/mol. The number of amides is 4. The Labute approximate surface area is 395 Å². The van der Waals surface area contributed by atoms with Crippen molar-refractivity contribution in [3.8, 4) is 5.75 Å². The number of nitro benzene ring substituents is 1. The second-order valence-electron chi connectivity index (χ2n) is 16.5. The standard InChI is InChI=1S/C51H50N8O10/c60-38-22-19-34(20-23-38)30-43(51(65)66)56-48(62)40(17-9-10-26-52-39-24-25-44(59(67)68)47-46(39)57-69-58-47)54-50(64)42(29-33-13-5-2-6-14-33)55-49(63)41(28-32-11-3-1-4-12-32)53-45(61)31-35-18-21-36-15-7-8-16-37(36)27-35/h1-8,11-16,18-25,27,40-43,52,60H,9-10,17,26,28-31H2,(H,53,61)(H,54,64)(H,55,63)(H,56,62)(H,65,66)/t40-,41-,42-,43-/m0/s1. The van der Waals surface area contributed by atoms with Gasteiger partial charge in [0.2, 0.25) is 29.1 Å². The van der Waals surface area contributed by atoms with E-state index in [-0.39, 0.29) is 54.6 Å². The zero-order valence-electron chi connectivity index (χ0n) is 37.2. The van der Waals surface area contributed by atoms with Gasteiger partial charge in [-0.1, -0.05) is 115 Å². The number of nitrogens with zero attached hydrogens (tertiary/aromatic N) is 3. The summed E-state index contributed by atoms with van der Waals surface area (Å²) in [7, 11) is 0. The molecule has 0 fully saturated rings. The second-order valence-corrected chi connectivity index (χ2v) is 16.5. The molecule has 6 aromatic carbocycles. The normalized spacial score (nSPS) is 12.8. The minimum absolute atomic E-state index is 0.00101. The van der Waals surface area contributed by atoms with Gasteiger partial charge in [-0.15, -0.1) is 0 Å². The van der Waals surface area contributed by atoms with E-state index in [2.05, 4.69) is 36.9 Å². The predicted octanol–water partition coefficient (Wildman–Crippen LogP) is 5.57. The van der Waals surface area contributed by atoms with Gasteiger partial charge in [-0.05, 0) is 80.8 Å². The van der Waals surface area contributed by atoms with Crippen LogP contribution in [0, 0.1) is 10.1 Å². The minimum Gasteiger partial charge on any atom is -0.508 e. The zero-order chi connectivity index (χ0) is 48.7. The van der Waals surface area contributed by atoms with Gasteiger partial charge in [0.1, 0.15) is 29.9 Å². The number of rotatable bonds is 23. The molecule has 0 spiro atoms. The second kappa shape index (κ2) is 23.2. The number of hydrogen-bond donors (Lipinski definition) is 7. The monoisotopic (exact) mass is 934 g/mol. The maximum atomic E-state index is 14.5. The number of nitrogens with one attached hydrogen (secondary N) is 5. The van der Waals surface area contributed by atoms with Crippen molar-refractivity contribution in [3.63, 3.8) is 0 Å². The molecule has 0 aliphatic rings. The molecule has 0 saturated carbocycles. The molecule has 7 rings (SSSR count). The maximum absolute atomic E-state index is 14.5. The number of carboxylic acid groups (broad SMARTS) is 1. The Morgan fingerprint density at radius 3 is 1.77 bits per heavy atom. The van der Waals surface area contributed by atoms with Crippen molar-refractivity contribution in [1.29, 1.82) is 0 Å². The molecule has 0 radical (unpaired) electrons. The number of anilines is 1. The molecule has 1 aromatic heterocycles. The van der Waals surface area contributed by atoms with Gasteiger partial charge in [-0.25, -0.2) is 9.42 Å². The van der Waals surface area contributed by atoms with Crippen LogP contribution >= 0.6 is 0 Å². The van der Waals surface area contributed by atoms with Crippen molar-refractivity contribution < 1.29 is 43.7 Å². The molecule has 0 aliphatic carbocycles. The van der Waals surface area contributed by atoms with Crippen LogP contribution in [0.4, 0.5) is 11.4 Å². The summed E-state index contributed by atoms with van der Waals surface area (Å²) in [6.07, 6.45) is 0.706. The predicted molar refractivity (Wildman–Crippen MR) is 256 cm³/mol. The molecular weight excluding hydrogens is 885 g/mol. The summed E-state index contributed by atoms with van der Waals surface area (Å²) in [5, 5.41) is 55.1. The Kier molecular flexibility index (Phi) is 16.2. The maximum Gasteiger partial charge on any atom is 0.326 e. The van der Waals surface area contributed by atoms with Crippen molar-refractivity contribution in [2.75, 3.05) is 11.9 Å². The quantitative estimate of drug-likeness (QED) is 0.0235. The number of fused-ring (bicyclic) bond motifs is 2.